The lowest BCUT2D eigenvalue weighted by Gasteiger charge is -2.07. The molecule has 0 aliphatic heterocycles. The minimum Gasteiger partial charge on any atom is -0.342 e. The maximum absolute atomic E-state index is 8.82. The van der Waals surface area contributed by atoms with Crippen LogP contribution in [0.4, 0.5) is 0 Å². The molecule has 0 aliphatic carbocycles. The standard InChI is InChI=1S/C3H11N2OPS2/c1-2-3-9-5-7(4,6)8/h2-3H2,1H3,(H4,4,5,6,8). The molecule has 0 aromatic heterocycles. The van der Waals surface area contributed by atoms with Crippen molar-refractivity contribution in [3.05, 3.63) is 0 Å². The molecule has 9 heavy (non-hydrogen) atoms. The van der Waals surface area contributed by atoms with Crippen molar-refractivity contribution in [3.8, 4) is 0 Å². The Labute approximate surface area is 64.7 Å². The highest BCUT2D eigenvalue weighted by atomic mass is 32.5. The number of hydrogen-bond donors (Lipinski definition) is 3. The highest BCUT2D eigenvalue weighted by Crippen LogP contribution is 2.27. The first kappa shape index (κ1) is 9.88. The van der Waals surface area contributed by atoms with Crippen molar-refractivity contribution in [1.82, 2.24) is 4.49 Å². The summed E-state index contributed by atoms with van der Waals surface area (Å²) in [5, 5.41) is 0. The van der Waals surface area contributed by atoms with E-state index in [-0.39, 0.29) is 0 Å². The Morgan fingerprint density at radius 2 is 2.44 bits per heavy atom. The molecule has 0 amide bonds. The zero-order chi connectivity index (χ0) is 7.33. The lowest BCUT2D eigenvalue weighted by atomic mass is 10.6. The normalized spacial score (nSPS) is 17.2. The Morgan fingerprint density at radius 1 is 1.89 bits per heavy atom. The third-order valence-electron chi connectivity index (χ3n) is 0.502. The van der Waals surface area contributed by atoms with E-state index >= 15 is 0 Å². The predicted molar refractivity (Wildman–Crippen MR) is 46.6 cm³/mol. The molecule has 4 N–H and O–H groups in total. The molecule has 0 aromatic rings. The van der Waals surface area contributed by atoms with Crippen molar-refractivity contribution in [3.63, 3.8) is 0 Å². The Morgan fingerprint density at radius 3 is 2.78 bits per heavy atom. The summed E-state index contributed by atoms with van der Waals surface area (Å²) >= 11 is 5.89. The molecule has 0 radical (unpaired) electrons. The van der Waals surface area contributed by atoms with Crippen LogP contribution >= 0.6 is 18.5 Å². The van der Waals surface area contributed by atoms with Gasteiger partial charge in [-0.05, 0) is 18.2 Å². The highest BCUT2D eigenvalue weighted by molar-refractivity contribution is 8.16. The second-order valence-electron chi connectivity index (χ2n) is 1.56. The monoisotopic (exact) mass is 186 g/mol. The zero-order valence-corrected chi connectivity index (χ0v) is 7.73. The fourth-order valence-electron chi connectivity index (χ4n) is 0.240. The van der Waals surface area contributed by atoms with E-state index in [4.69, 9.17) is 10.4 Å². The van der Waals surface area contributed by atoms with E-state index < -0.39 is 6.57 Å². The van der Waals surface area contributed by atoms with Crippen molar-refractivity contribution >= 4 is 30.3 Å². The molecule has 1 unspecified atom stereocenters. The lowest BCUT2D eigenvalue weighted by molar-refractivity contribution is 0.620. The van der Waals surface area contributed by atoms with Gasteiger partial charge in [-0.25, -0.2) is 4.49 Å². The quantitative estimate of drug-likeness (QED) is 0.344. The topological polar surface area (TPSA) is 58.3 Å². The van der Waals surface area contributed by atoms with Crippen LogP contribution in [0.15, 0.2) is 0 Å². The van der Waals surface area contributed by atoms with Crippen LogP contribution in [0, 0.1) is 0 Å². The number of nitrogens with one attached hydrogen (secondary N) is 1. The second-order valence-corrected chi connectivity index (χ2v) is 5.91. The van der Waals surface area contributed by atoms with Gasteiger partial charge in [0, 0.05) is 5.75 Å². The Bertz CT molecular complexity index is 114. The Hall–Kier alpha value is 0.880. The molecule has 0 fully saturated rings. The predicted octanol–water partition coefficient (Wildman–Crippen LogP) is 0.810. The summed E-state index contributed by atoms with van der Waals surface area (Å²) in [5.41, 5.74) is 5.13. The first-order chi connectivity index (χ1) is 4.06. The first-order valence-corrected chi connectivity index (χ1v) is 6.37. The minimum atomic E-state index is -2.65. The Balaban J connectivity index is 3.18. The smallest absolute Gasteiger partial charge is 0.202 e. The summed E-state index contributed by atoms with van der Waals surface area (Å²) in [6, 6.07) is 0. The molecular formula is C3H11N2OPS2. The van der Waals surface area contributed by atoms with Crippen molar-refractivity contribution in [2.24, 2.45) is 5.50 Å². The van der Waals surface area contributed by atoms with Crippen molar-refractivity contribution in [2.45, 2.75) is 13.3 Å². The van der Waals surface area contributed by atoms with Crippen molar-refractivity contribution in [2.75, 3.05) is 5.75 Å². The number of nitrogens with two attached hydrogens (primary N) is 1. The fourth-order valence-corrected chi connectivity index (χ4v) is 2.02. The number of hydrogen-bond acceptors (Lipinski definition) is 2. The third kappa shape index (κ3) is 8.88. The van der Waals surface area contributed by atoms with Crippen LogP contribution in [-0.4, -0.2) is 10.6 Å². The summed E-state index contributed by atoms with van der Waals surface area (Å²) in [4.78, 5) is 8.82. The van der Waals surface area contributed by atoms with Crippen molar-refractivity contribution in [1.29, 1.82) is 0 Å². The average Bonchev–Trinajstić information content (AvgIpc) is 1.63. The lowest BCUT2D eigenvalue weighted by Crippen LogP contribution is -2.07. The second kappa shape index (κ2) is 4.66. The SMILES string of the molecule is CCCSNP(N)(O)=S. The van der Waals surface area contributed by atoms with Gasteiger partial charge in [-0.2, -0.15) is 0 Å². The third-order valence-corrected chi connectivity index (χ3v) is 3.35. The molecular weight excluding hydrogens is 175 g/mol. The first-order valence-electron chi connectivity index (χ1n) is 2.56. The van der Waals surface area contributed by atoms with Gasteiger partial charge < -0.3 is 4.89 Å². The summed E-state index contributed by atoms with van der Waals surface area (Å²) in [6.45, 7) is -0.601. The van der Waals surface area contributed by atoms with Crippen LogP contribution in [0.1, 0.15) is 13.3 Å². The van der Waals surface area contributed by atoms with E-state index in [1.165, 1.54) is 11.9 Å². The van der Waals surface area contributed by atoms with Crippen molar-refractivity contribution < 1.29 is 4.89 Å². The van der Waals surface area contributed by atoms with Crippen LogP contribution in [0.2, 0.25) is 0 Å². The summed E-state index contributed by atoms with van der Waals surface area (Å²) in [6.07, 6.45) is 1.05. The zero-order valence-electron chi connectivity index (χ0n) is 5.20. The van der Waals surface area contributed by atoms with Gasteiger partial charge in [0.2, 0.25) is 6.57 Å². The minimum absolute atomic E-state index is 0.927. The summed E-state index contributed by atoms with van der Waals surface area (Å²) in [5.74, 6) is 0.927. The van der Waals surface area contributed by atoms with Crippen LogP contribution < -0.4 is 10.00 Å². The molecule has 1 atom stereocenters. The van der Waals surface area contributed by atoms with Gasteiger partial charge in [-0.3, -0.25) is 5.50 Å². The largest absolute Gasteiger partial charge is 0.342 e. The molecule has 0 rings (SSSR count). The van der Waals surface area contributed by atoms with E-state index in [0.717, 1.165) is 12.2 Å². The van der Waals surface area contributed by atoms with Gasteiger partial charge in [0.05, 0.1) is 0 Å². The van der Waals surface area contributed by atoms with Crippen LogP contribution in [0.25, 0.3) is 0 Å². The van der Waals surface area contributed by atoms with E-state index in [1.54, 1.807) is 0 Å². The molecule has 6 heteroatoms. The van der Waals surface area contributed by atoms with Gasteiger partial charge in [-0.15, -0.1) is 0 Å². The van der Waals surface area contributed by atoms with Gasteiger partial charge in [0.1, 0.15) is 0 Å². The van der Waals surface area contributed by atoms with E-state index in [2.05, 4.69) is 16.3 Å². The molecule has 56 valence electrons. The molecule has 0 heterocycles. The van der Waals surface area contributed by atoms with E-state index in [1.807, 2.05) is 6.92 Å². The maximum atomic E-state index is 8.82. The fraction of sp³-hybridized carbons (Fsp3) is 1.00. The highest BCUT2D eigenvalue weighted by Gasteiger charge is 2.01. The Kier molecular flexibility index (Phi) is 5.11. The van der Waals surface area contributed by atoms with Gasteiger partial charge in [-0.1, -0.05) is 18.9 Å². The molecule has 0 saturated carbocycles. The average molecular weight is 186 g/mol. The van der Waals surface area contributed by atoms with Crippen LogP contribution in [0.5, 0.6) is 0 Å². The molecule has 0 aromatic carbocycles. The van der Waals surface area contributed by atoms with Gasteiger partial charge in [0.15, 0.2) is 0 Å². The van der Waals surface area contributed by atoms with E-state index in [0.29, 0.717) is 0 Å². The van der Waals surface area contributed by atoms with Crippen LogP contribution in [-0.2, 0) is 11.8 Å². The molecule has 0 saturated heterocycles. The molecule has 0 spiro atoms. The summed E-state index contributed by atoms with van der Waals surface area (Å²) in [7, 11) is 0. The van der Waals surface area contributed by atoms with E-state index in [9.17, 15) is 0 Å². The molecule has 0 aliphatic rings. The summed E-state index contributed by atoms with van der Waals surface area (Å²) < 4.78 is 2.60. The van der Waals surface area contributed by atoms with Gasteiger partial charge in [0.25, 0.3) is 0 Å². The maximum Gasteiger partial charge on any atom is 0.202 e. The van der Waals surface area contributed by atoms with Crippen LogP contribution in [0.3, 0.4) is 0 Å². The molecule has 0 bridgehead atoms. The number of rotatable bonds is 4. The molecule has 3 nitrogen and oxygen atoms in total. The van der Waals surface area contributed by atoms with Gasteiger partial charge >= 0.3 is 0 Å².